The quantitative estimate of drug-likeness (QED) is 0.600. The van der Waals surface area contributed by atoms with Crippen molar-refractivity contribution >= 4 is 21.8 Å². The molecule has 4 rings (SSSR count). The molecule has 0 atom stereocenters. The summed E-state index contributed by atoms with van der Waals surface area (Å²) < 4.78 is 28.4. The normalized spacial score (nSPS) is 13.5. The third kappa shape index (κ3) is 3.73. The predicted molar refractivity (Wildman–Crippen MR) is 115 cm³/mol. The van der Waals surface area contributed by atoms with Crippen molar-refractivity contribution in [1.29, 1.82) is 0 Å². The number of para-hydroxylation sites is 1. The van der Waals surface area contributed by atoms with Crippen LogP contribution < -0.4 is 4.31 Å². The number of fused-ring (bicyclic) bond motifs is 1. The second-order valence-corrected chi connectivity index (χ2v) is 9.02. The Labute approximate surface area is 167 Å². The van der Waals surface area contributed by atoms with Crippen LogP contribution in [0.25, 0.3) is 6.08 Å². The van der Waals surface area contributed by atoms with E-state index in [1.54, 1.807) is 12.1 Å². The van der Waals surface area contributed by atoms with E-state index in [4.69, 9.17) is 0 Å². The maximum atomic E-state index is 13.5. The highest BCUT2D eigenvalue weighted by Gasteiger charge is 2.26. The lowest BCUT2D eigenvalue weighted by Crippen LogP contribution is -2.33. The molecule has 142 valence electrons. The van der Waals surface area contributed by atoms with Crippen LogP contribution in [0.4, 0.5) is 5.69 Å². The summed E-state index contributed by atoms with van der Waals surface area (Å²) in [5.41, 5.74) is 5.35. The minimum atomic E-state index is -3.66. The van der Waals surface area contributed by atoms with Gasteiger partial charge in [0.15, 0.2) is 0 Å². The van der Waals surface area contributed by atoms with Crippen molar-refractivity contribution in [3.8, 4) is 0 Å². The van der Waals surface area contributed by atoms with Crippen LogP contribution in [0.1, 0.15) is 23.1 Å². The molecular weight excluding hydrogens is 366 g/mol. The fourth-order valence-corrected chi connectivity index (χ4v) is 5.02. The zero-order valence-corrected chi connectivity index (χ0v) is 16.7. The van der Waals surface area contributed by atoms with E-state index in [1.807, 2.05) is 55.5 Å². The molecule has 0 fully saturated rings. The van der Waals surface area contributed by atoms with Gasteiger partial charge in [-0.2, -0.15) is 0 Å². The average Bonchev–Trinajstić information content (AvgIpc) is 2.73. The number of sulfonamides is 1. The topological polar surface area (TPSA) is 37.4 Å². The highest BCUT2D eigenvalue weighted by atomic mass is 32.2. The first-order valence-corrected chi connectivity index (χ1v) is 10.9. The summed E-state index contributed by atoms with van der Waals surface area (Å²) in [6.45, 7) is 2.31. The Kier molecular flexibility index (Phi) is 5.05. The number of benzene rings is 3. The minimum Gasteiger partial charge on any atom is -0.262 e. The summed E-state index contributed by atoms with van der Waals surface area (Å²) in [7, 11) is -3.66. The van der Waals surface area contributed by atoms with E-state index in [2.05, 4.69) is 24.3 Å². The van der Waals surface area contributed by atoms with Gasteiger partial charge >= 0.3 is 0 Å². The van der Waals surface area contributed by atoms with Gasteiger partial charge in [-0.25, -0.2) is 8.42 Å². The van der Waals surface area contributed by atoms with Gasteiger partial charge in [-0.3, -0.25) is 4.31 Å². The van der Waals surface area contributed by atoms with Crippen molar-refractivity contribution in [2.75, 3.05) is 10.8 Å². The van der Waals surface area contributed by atoms with Gasteiger partial charge < -0.3 is 0 Å². The maximum absolute atomic E-state index is 13.5. The summed E-state index contributed by atoms with van der Waals surface area (Å²) in [6, 6.07) is 24.7. The van der Waals surface area contributed by atoms with Gasteiger partial charge in [-0.1, -0.05) is 66.2 Å². The number of hydrogen-bond donors (Lipinski definition) is 0. The molecule has 0 spiro atoms. The van der Waals surface area contributed by atoms with E-state index in [1.165, 1.54) is 15.4 Å². The molecule has 0 amide bonds. The fraction of sp³-hybridized carbons (Fsp3) is 0.167. The summed E-state index contributed by atoms with van der Waals surface area (Å²) in [5, 5.41) is 0. The van der Waals surface area contributed by atoms with E-state index in [9.17, 15) is 8.42 Å². The molecule has 0 radical (unpaired) electrons. The van der Waals surface area contributed by atoms with E-state index in [0.717, 1.165) is 24.0 Å². The third-order valence-electron chi connectivity index (χ3n) is 5.13. The number of hydrogen-bond acceptors (Lipinski definition) is 2. The van der Waals surface area contributed by atoms with Crippen LogP contribution in [0.15, 0.2) is 89.3 Å². The zero-order valence-electron chi connectivity index (χ0n) is 15.9. The molecule has 3 nitrogen and oxygen atoms in total. The molecule has 0 aromatic heterocycles. The SMILES string of the molecule is Cc1ccc(S(=O)(=O)N(CC2=Cc3ccccc3CC2)c2ccccc2)cc1. The molecule has 0 saturated heterocycles. The lowest BCUT2D eigenvalue weighted by molar-refractivity contribution is 0.592. The average molecular weight is 390 g/mol. The Morgan fingerprint density at radius 3 is 2.25 bits per heavy atom. The molecule has 0 saturated carbocycles. The molecule has 1 aliphatic rings. The zero-order chi connectivity index (χ0) is 19.6. The van der Waals surface area contributed by atoms with Crippen molar-refractivity contribution in [3.63, 3.8) is 0 Å². The highest BCUT2D eigenvalue weighted by molar-refractivity contribution is 7.92. The second kappa shape index (κ2) is 7.64. The van der Waals surface area contributed by atoms with Crippen LogP contribution in [-0.4, -0.2) is 15.0 Å². The molecule has 0 aliphatic heterocycles. The second-order valence-electron chi connectivity index (χ2n) is 7.16. The lowest BCUT2D eigenvalue weighted by atomic mass is 9.92. The molecular formula is C24H23NO2S. The Morgan fingerprint density at radius 2 is 1.50 bits per heavy atom. The molecule has 3 aromatic carbocycles. The van der Waals surface area contributed by atoms with Gasteiger partial charge in [-0.15, -0.1) is 0 Å². The van der Waals surface area contributed by atoms with Crippen LogP contribution in [-0.2, 0) is 16.4 Å². The van der Waals surface area contributed by atoms with Crippen LogP contribution in [0, 0.1) is 6.92 Å². The Bertz CT molecular complexity index is 1100. The fourth-order valence-electron chi connectivity index (χ4n) is 3.55. The van der Waals surface area contributed by atoms with Crippen LogP contribution >= 0.6 is 0 Å². The van der Waals surface area contributed by atoms with Gasteiger partial charge in [0, 0.05) is 0 Å². The summed E-state index contributed by atoms with van der Waals surface area (Å²) in [4.78, 5) is 0.318. The summed E-state index contributed by atoms with van der Waals surface area (Å²) in [6.07, 6.45) is 3.94. The van der Waals surface area contributed by atoms with Crippen molar-refractivity contribution in [2.24, 2.45) is 0 Å². The van der Waals surface area contributed by atoms with Gasteiger partial charge in [0.2, 0.25) is 0 Å². The van der Waals surface area contributed by atoms with E-state index >= 15 is 0 Å². The molecule has 0 unspecified atom stereocenters. The van der Waals surface area contributed by atoms with Crippen molar-refractivity contribution in [1.82, 2.24) is 0 Å². The van der Waals surface area contributed by atoms with Gasteiger partial charge in [0.25, 0.3) is 10.0 Å². The summed E-state index contributed by atoms with van der Waals surface area (Å²) >= 11 is 0. The van der Waals surface area contributed by atoms with E-state index < -0.39 is 10.0 Å². The van der Waals surface area contributed by atoms with Crippen molar-refractivity contribution in [3.05, 3.63) is 101 Å². The standard InChI is InChI=1S/C24H23NO2S/c1-19-11-15-24(16-12-19)28(26,27)25(23-9-3-2-4-10-23)18-20-13-14-21-7-5-6-8-22(21)17-20/h2-12,15-17H,13-14,18H2,1H3. The predicted octanol–water partition coefficient (Wildman–Crippen LogP) is 5.22. The van der Waals surface area contributed by atoms with Crippen LogP contribution in [0.3, 0.4) is 0 Å². The van der Waals surface area contributed by atoms with Crippen molar-refractivity contribution < 1.29 is 8.42 Å². The highest BCUT2D eigenvalue weighted by Crippen LogP contribution is 2.29. The van der Waals surface area contributed by atoms with Gasteiger partial charge in [0.05, 0.1) is 17.1 Å². The third-order valence-corrected chi connectivity index (χ3v) is 6.92. The van der Waals surface area contributed by atoms with Gasteiger partial charge in [0.1, 0.15) is 0 Å². The van der Waals surface area contributed by atoms with Crippen LogP contribution in [0.2, 0.25) is 0 Å². The first-order valence-electron chi connectivity index (χ1n) is 9.46. The molecule has 1 aliphatic carbocycles. The first kappa shape index (κ1) is 18.5. The molecule has 4 heteroatoms. The molecule has 28 heavy (non-hydrogen) atoms. The Morgan fingerprint density at radius 1 is 0.821 bits per heavy atom. The molecule has 0 heterocycles. The van der Waals surface area contributed by atoms with Gasteiger partial charge in [-0.05, 0) is 60.7 Å². The number of rotatable bonds is 5. The number of nitrogens with zero attached hydrogens (tertiary/aromatic N) is 1. The monoisotopic (exact) mass is 389 g/mol. The smallest absolute Gasteiger partial charge is 0.262 e. The van der Waals surface area contributed by atoms with Crippen LogP contribution in [0.5, 0.6) is 0 Å². The molecule has 3 aromatic rings. The molecule has 0 bridgehead atoms. The number of anilines is 1. The largest absolute Gasteiger partial charge is 0.264 e. The number of aryl methyl sites for hydroxylation is 2. The lowest BCUT2D eigenvalue weighted by Gasteiger charge is -2.27. The first-order chi connectivity index (χ1) is 13.5. The molecule has 0 N–H and O–H groups in total. The maximum Gasteiger partial charge on any atom is 0.264 e. The summed E-state index contributed by atoms with van der Waals surface area (Å²) in [5.74, 6) is 0. The van der Waals surface area contributed by atoms with E-state index in [-0.39, 0.29) is 0 Å². The van der Waals surface area contributed by atoms with E-state index in [0.29, 0.717) is 17.1 Å². The Hall–Kier alpha value is -2.85. The van der Waals surface area contributed by atoms with Crippen molar-refractivity contribution in [2.45, 2.75) is 24.7 Å². The minimum absolute atomic E-state index is 0.318. The Balaban J connectivity index is 1.73.